The molecule has 22 heavy (non-hydrogen) atoms. The van der Waals surface area contributed by atoms with Crippen molar-refractivity contribution >= 4 is 15.7 Å². The number of benzene rings is 2. The van der Waals surface area contributed by atoms with E-state index in [2.05, 4.69) is 0 Å². The first-order chi connectivity index (χ1) is 10.5. The van der Waals surface area contributed by atoms with Crippen LogP contribution in [0.1, 0.15) is 18.1 Å². The Morgan fingerprint density at radius 3 is 2.73 bits per heavy atom. The Kier molecular flexibility index (Phi) is 3.83. The van der Waals surface area contributed by atoms with E-state index in [1.54, 1.807) is 12.1 Å². The Morgan fingerprint density at radius 1 is 1.18 bits per heavy atom. The van der Waals surface area contributed by atoms with Gasteiger partial charge in [0, 0.05) is 0 Å². The molecule has 5 heteroatoms. The molecule has 0 N–H and O–H groups in total. The maximum atomic E-state index is 12.8. The fourth-order valence-corrected chi connectivity index (χ4v) is 4.35. The number of para-hydroxylation sites is 2. The molecule has 0 spiro atoms. The second-order valence-corrected chi connectivity index (χ2v) is 7.57. The van der Waals surface area contributed by atoms with Crippen molar-refractivity contribution in [2.75, 3.05) is 10.8 Å². The molecule has 1 aliphatic heterocycles. The minimum Gasteiger partial charge on any atom is -0.487 e. The van der Waals surface area contributed by atoms with Crippen molar-refractivity contribution in [3.8, 4) is 5.75 Å². The number of rotatable bonds is 3. The van der Waals surface area contributed by atoms with Crippen LogP contribution in [0.25, 0.3) is 0 Å². The molecule has 0 saturated carbocycles. The summed E-state index contributed by atoms with van der Waals surface area (Å²) in [4.78, 5) is 0. The first kappa shape index (κ1) is 14.9. The molecule has 2 aromatic rings. The average molecular weight is 317 g/mol. The Labute approximate surface area is 131 Å². The summed E-state index contributed by atoms with van der Waals surface area (Å²) in [6.45, 7) is 4.18. The Morgan fingerprint density at radius 2 is 1.95 bits per heavy atom. The summed E-state index contributed by atoms with van der Waals surface area (Å²) < 4.78 is 32.9. The smallest absolute Gasteiger partial charge is 0.239 e. The predicted octanol–water partition coefficient (Wildman–Crippen LogP) is 3.11. The number of ether oxygens (including phenoxy) is 1. The van der Waals surface area contributed by atoms with Crippen molar-refractivity contribution < 1.29 is 13.2 Å². The Balaban J connectivity index is 1.95. The summed E-state index contributed by atoms with van der Waals surface area (Å²) in [6, 6.07) is 14.9. The second-order valence-electron chi connectivity index (χ2n) is 5.67. The third-order valence-corrected chi connectivity index (χ3v) is 5.37. The fourth-order valence-electron chi connectivity index (χ4n) is 2.70. The SMILES string of the molecule is Cc1cccc(CS(=O)(=O)N2CC(C)Oc3ccccc32)c1. The van der Waals surface area contributed by atoms with E-state index in [9.17, 15) is 8.42 Å². The van der Waals surface area contributed by atoms with Crippen molar-refractivity contribution in [2.45, 2.75) is 25.7 Å². The highest BCUT2D eigenvalue weighted by atomic mass is 32.2. The van der Waals surface area contributed by atoms with Crippen molar-refractivity contribution in [3.63, 3.8) is 0 Å². The minimum atomic E-state index is -3.45. The predicted molar refractivity (Wildman–Crippen MR) is 87.7 cm³/mol. The summed E-state index contributed by atoms with van der Waals surface area (Å²) in [5.41, 5.74) is 2.48. The molecule has 0 bridgehead atoms. The largest absolute Gasteiger partial charge is 0.487 e. The topological polar surface area (TPSA) is 46.6 Å². The highest BCUT2D eigenvalue weighted by molar-refractivity contribution is 7.92. The van der Waals surface area contributed by atoms with E-state index in [1.165, 1.54) is 4.31 Å². The van der Waals surface area contributed by atoms with Gasteiger partial charge in [0.25, 0.3) is 0 Å². The number of nitrogens with zero attached hydrogens (tertiary/aromatic N) is 1. The third kappa shape index (κ3) is 2.95. The summed E-state index contributed by atoms with van der Waals surface area (Å²) in [5.74, 6) is 0.615. The van der Waals surface area contributed by atoms with Crippen molar-refractivity contribution in [2.24, 2.45) is 0 Å². The van der Waals surface area contributed by atoms with E-state index < -0.39 is 10.0 Å². The number of hydrogen-bond acceptors (Lipinski definition) is 3. The van der Waals surface area contributed by atoms with E-state index in [0.29, 0.717) is 18.0 Å². The number of sulfonamides is 1. The lowest BCUT2D eigenvalue weighted by atomic mass is 10.2. The average Bonchev–Trinajstić information content (AvgIpc) is 2.45. The van der Waals surface area contributed by atoms with Crippen LogP contribution in [0.2, 0.25) is 0 Å². The summed E-state index contributed by atoms with van der Waals surface area (Å²) in [7, 11) is -3.45. The van der Waals surface area contributed by atoms with Gasteiger partial charge < -0.3 is 4.74 Å². The number of aryl methyl sites for hydroxylation is 1. The second kappa shape index (κ2) is 5.65. The zero-order valence-electron chi connectivity index (χ0n) is 12.7. The molecule has 0 saturated heterocycles. The zero-order chi connectivity index (χ0) is 15.7. The van der Waals surface area contributed by atoms with Gasteiger partial charge in [-0.15, -0.1) is 0 Å². The lowest BCUT2D eigenvalue weighted by Crippen LogP contribution is -2.42. The van der Waals surface area contributed by atoms with Crippen LogP contribution >= 0.6 is 0 Å². The number of hydrogen-bond donors (Lipinski definition) is 0. The van der Waals surface area contributed by atoms with E-state index in [4.69, 9.17) is 4.74 Å². The Bertz CT molecular complexity index is 786. The minimum absolute atomic E-state index is 0.00423. The van der Waals surface area contributed by atoms with Crippen LogP contribution in [0.5, 0.6) is 5.75 Å². The third-order valence-electron chi connectivity index (χ3n) is 3.65. The number of fused-ring (bicyclic) bond motifs is 1. The molecule has 0 amide bonds. The van der Waals surface area contributed by atoms with Crippen molar-refractivity contribution in [1.29, 1.82) is 0 Å². The maximum Gasteiger partial charge on any atom is 0.239 e. The fraction of sp³-hybridized carbons (Fsp3) is 0.294. The van der Waals surface area contributed by atoms with E-state index in [0.717, 1.165) is 11.1 Å². The van der Waals surface area contributed by atoms with Crippen LogP contribution in [0.3, 0.4) is 0 Å². The van der Waals surface area contributed by atoms with Gasteiger partial charge in [0.2, 0.25) is 10.0 Å². The first-order valence-electron chi connectivity index (χ1n) is 7.27. The molecule has 116 valence electrons. The summed E-state index contributed by atoms with van der Waals surface area (Å²) in [6.07, 6.45) is -0.165. The highest BCUT2D eigenvalue weighted by Crippen LogP contribution is 2.35. The molecule has 0 aliphatic carbocycles. The maximum absolute atomic E-state index is 12.8. The van der Waals surface area contributed by atoms with E-state index in [-0.39, 0.29) is 11.9 Å². The molecular formula is C17H19NO3S. The van der Waals surface area contributed by atoms with Gasteiger partial charge in [-0.1, -0.05) is 42.0 Å². The normalized spacial score (nSPS) is 17.7. The van der Waals surface area contributed by atoms with Gasteiger partial charge in [0.15, 0.2) is 0 Å². The van der Waals surface area contributed by atoms with Gasteiger partial charge in [0.05, 0.1) is 18.0 Å². The molecule has 0 radical (unpaired) electrons. The molecule has 2 aromatic carbocycles. The van der Waals surface area contributed by atoms with Gasteiger partial charge >= 0.3 is 0 Å². The molecule has 0 aromatic heterocycles. The standard InChI is InChI=1S/C17H19NO3S/c1-13-6-5-7-15(10-13)12-22(19,20)18-11-14(2)21-17-9-4-3-8-16(17)18/h3-10,14H,11-12H2,1-2H3. The molecule has 0 fully saturated rings. The van der Waals surface area contributed by atoms with Gasteiger partial charge in [-0.3, -0.25) is 4.31 Å². The van der Waals surface area contributed by atoms with Crippen LogP contribution in [0.4, 0.5) is 5.69 Å². The molecule has 1 aliphatic rings. The van der Waals surface area contributed by atoms with Crippen LogP contribution in [0.15, 0.2) is 48.5 Å². The number of anilines is 1. The molecule has 4 nitrogen and oxygen atoms in total. The zero-order valence-corrected chi connectivity index (χ0v) is 13.5. The molecule has 1 heterocycles. The lowest BCUT2D eigenvalue weighted by molar-refractivity contribution is 0.219. The van der Waals surface area contributed by atoms with Gasteiger partial charge in [-0.25, -0.2) is 8.42 Å². The molecular weight excluding hydrogens is 298 g/mol. The summed E-state index contributed by atoms with van der Waals surface area (Å²) >= 11 is 0. The van der Waals surface area contributed by atoms with Crippen LogP contribution < -0.4 is 9.04 Å². The van der Waals surface area contributed by atoms with Crippen LogP contribution in [-0.2, 0) is 15.8 Å². The highest BCUT2D eigenvalue weighted by Gasteiger charge is 2.31. The quantitative estimate of drug-likeness (QED) is 0.874. The van der Waals surface area contributed by atoms with Crippen LogP contribution in [0, 0.1) is 6.92 Å². The first-order valence-corrected chi connectivity index (χ1v) is 8.88. The van der Waals surface area contributed by atoms with Gasteiger partial charge in [-0.05, 0) is 31.5 Å². The van der Waals surface area contributed by atoms with Crippen molar-refractivity contribution in [3.05, 3.63) is 59.7 Å². The lowest BCUT2D eigenvalue weighted by Gasteiger charge is -2.34. The van der Waals surface area contributed by atoms with E-state index in [1.807, 2.05) is 50.2 Å². The Hall–Kier alpha value is -2.01. The van der Waals surface area contributed by atoms with Crippen LogP contribution in [-0.4, -0.2) is 21.1 Å². The summed E-state index contributed by atoms with van der Waals surface area (Å²) in [5, 5.41) is 0. The van der Waals surface area contributed by atoms with Crippen molar-refractivity contribution in [1.82, 2.24) is 0 Å². The molecule has 1 unspecified atom stereocenters. The van der Waals surface area contributed by atoms with Gasteiger partial charge in [0.1, 0.15) is 11.9 Å². The van der Waals surface area contributed by atoms with E-state index >= 15 is 0 Å². The monoisotopic (exact) mass is 317 g/mol. The van der Waals surface area contributed by atoms with Gasteiger partial charge in [-0.2, -0.15) is 0 Å². The molecule has 3 rings (SSSR count). The molecule has 1 atom stereocenters.